The van der Waals surface area contributed by atoms with Crippen LogP contribution >= 0.6 is 0 Å². The molecule has 0 saturated heterocycles. The Labute approximate surface area is 135 Å². The molecule has 0 saturated carbocycles. The Morgan fingerprint density at radius 3 is 2.35 bits per heavy atom. The van der Waals surface area contributed by atoms with Crippen LogP contribution in [0.5, 0.6) is 5.75 Å². The first-order chi connectivity index (χ1) is 10.8. The van der Waals surface area contributed by atoms with Gasteiger partial charge in [-0.3, -0.25) is 0 Å². The minimum Gasteiger partial charge on any atom is -0.507 e. The summed E-state index contributed by atoms with van der Waals surface area (Å²) in [5.41, 5.74) is -0.00242. The first-order valence-corrected chi connectivity index (χ1v) is 8.64. The lowest BCUT2D eigenvalue weighted by atomic mass is 10.1. The Hall–Kier alpha value is -2.12. The van der Waals surface area contributed by atoms with Crippen LogP contribution in [0.15, 0.2) is 35.2 Å². The Morgan fingerprint density at radius 1 is 1.13 bits per heavy atom. The van der Waals surface area contributed by atoms with Gasteiger partial charge in [0.15, 0.2) is 0 Å². The third-order valence-electron chi connectivity index (χ3n) is 3.67. The predicted octanol–water partition coefficient (Wildman–Crippen LogP) is 2.36. The molecule has 0 radical (unpaired) electrons. The molecule has 2 aromatic carbocycles. The van der Waals surface area contributed by atoms with Crippen LogP contribution in [-0.2, 0) is 14.8 Å². The molecule has 124 valence electrons. The number of aromatic hydroxyl groups is 1. The second-order valence-corrected chi connectivity index (χ2v) is 6.90. The van der Waals surface area contributed by atoms with Gasteiger partial charge in [0, 0.05) is 13.1 Å². The van der Waals surface area contributed by atoms with Crippen molar-refractivity contribution in [3.8, 4) is 5.75 Å². The number of sulfonamides is 1. The number of methoxy groups -OCH3 is 1. The highest BCUT2D eigenvalue weighted by Crippen LogP contribution is 2.28. The molecule has 2 rings (SSSR count). The van der Waals surface area contributed by atoms with E-state index in [2.05, 4.69) is 4.74 Å². The van der Waals surface area contributed by atoms with Crippen molar-refractivity contribution in [2.24, 2.45) is 0 Å². The highest BCUT2D eigenvalue weighted by atomic mass is 32.2. The van der Waals surface area contributed by atoms with E-state index in [4.69, 9.17) is 0 Å². The van der Waals surface area contributed by atoms with Crippen LogP contribution in [-0.4, -0.2) is 44.0 Å². The van der Waals surface area contributed by atoms with Gasteiger partial charge in [-0.05, 0) is 35.0 Å². The third-order valence-corrected chi connectivity index (χ3v) is 5.72. The minimum atomic E-state index is -3.59. The second-order valence-electron chi connectivity index (χ2n) is 4.96. The zero-order chi connectivity index (χ0) is 17.2. The molecule has 0 fully saturated rings. The summed E-state index contributed by atoms with van der Waals surface area (Å²) >= 11 is 0. The van der Waals surface area contributed by atoms with Crippen LogP contribution < -0.4 is 0 Å². The van der Waals surface area contributed by atoms with Crippen molar-refractivity contribution in [1.29, 1.82) is 0 Å². The fourth-order valence-electron chi connectivity index (χ4n) is 2.41. The predicted molar refractivity (Wildman–Crippen MR) is 87.1 cm³/mol. The van der Waals surface area contributed by atoms with Crippen molar-refractivity contribution in [3.05, 3.63) is 35.9 Å². The maximum atomic E-state index is 12.6. The van der Waals surface area contributed by atoms with Gasteiger partial charge in [-0.1, -0.05) is 19.9 Å². The molecule has 0 aromatic heterocycles. The van der Waals surface area contributed by atoms with E-state index in [1.807, 2.05) is 0 Å². The van der Waals surface area contributed by atoms with Crippen LogP contribution in [0.1, 0.15) is 24.2 Å². The molecule has 0 spiro atoms. The molecule has 0 atom stereocenters. The molecule has 0 bridgehead atoms. The van der Waals surface area contributed by atoms with Gasteiger partial charge in [-0.15, -0.1) is 0 Å². The van der Waals surface area contributed by atoms with Crippen LogP contribution in [0.2, 0.25) is 0 Å². The molecule has 0 heterocycles. The molecule has 7 heteroatoms. The van der Waals surface area contributed by atoms with Gasteiger partial charge in [-0.2, -0.15) is 4.31 Å². The summed E-state index contributed by atoms with van der Waals surface area (Å²) in [5, 5.41) is 11.0. The number of benzene rings is 2. The number of rotatable bonds is 5. The Morgan fingerprint density at radius 2 is 1.78 bits per heavy atom. The minimum absolute atomic E-state index is 0.00242. The van der Waals surface area contributed by atoms with Crippen LogP contribution in [0, 0.1) is 0 Å². The van der Waals surface area contributed by atoms with E-state index >= 15 is 0 Å². The van der Waals surface area contributed by atoms with Crippen LogP contribution in [0.4, 0.5) is 0 Å². The number of carbonyl (C=O) groups is 1. The first-order valence-electron chi connectivity index (χ1n) is 7.20. The summed E-state index contributed by atoms with van der Waals surface area (Å²) < 4.78 is 31.1. The molecular weight excluding hydrogens is 318 g/mol. The van der Waals surface area contributed by atoms with Crippen molar-refractivity contribution < 1.29 is 23.1 Å². The lowest BCUT2D eigenvalue weighted by Gasteiger charge is -2.18. The summed E-state index contributed by atoms with van der Waals surface area (Å²) in [4.78, 5) is 11.8. The van der Waals surface area contributed by atoms with Gasteiger partial charge in [0.1, 0.15) is 11.3 Å². The monoisotopic (exact) mass is 337 g/mol. The number of carbonyl (C=O) groups excluding carboxylic acids is 1. The van der Waals surface area contributed by atoms with Crippen molar-refractivity contribution in [2.75, 3.05) is 20.2 Å². The number of phenols is 1. The number of hydrogen-bond donors (Lipinski definition) is 1. The van der Waals surface area contributed by atoms with Crippen molar-refractivity contribution in [3.63, 3.8) is 0 Å². The van der Waals surface area contributed by atoms with Gasteiger partial charge in [0.25, 0.3) is 0 Å². The third kappa shape index (κ3) is 3.16. The highest BCUT2D eigenvalue weighted by Gasteiger charge is 2.22. The van der Waals surface area contributed by atoms with Crippen molar-refractivity contribution >= 4 is 26.8 Å². The van der Waals surface area contributed by atoms with Gasteiger partial charge in [-0.25, -0.2) is 13.2 Å². The van der Waals surface area contributed by atoms with E-state index in [0.717, 1.165) is 0 Å². The molecule has 2 aromatic rings. The number of hydrogen-bond acceptors (Lipinski definition) is 5. The number of esters is 1. The Balaban J connectivity index is 2.62. The Kier molecular flexibility index (Phi) is 4.91. The topological polar surface area (TPSA) is 83.9 Å². The van der Waals surface area contributed by atoms with E-state index in [0.29, 0.717) is 23.9 Å². The van der Waals surface area contributed by atoms with E-state index in [-0.39, 0.29) is 16.2 Å². The first kappa shape index (κ1) is 17.2. The van der Waals surface area contributed by atoms with E-state index < -0.39 is 16.0 Å². The lowest BCUT2D eigenvalue weighted by Crippen LogP contribution is -2.30. The number of phenolic OH excluding ortho intramolecular Hbond substituents is 1. The van der Waals surface area contributed by atoms with E-state index in [1.165, 1.54) is 35.7 Å². The van der Waals surface area contributed by atoms with Gasteiger partial charge >= 0.3 is 5.97 Å². The number of nitrogens with zero attached hydrogens (tertiary/aromatic N) is 1. The van der Waals surface area contributed by atoms with Crippen LogP contribution in [0.25, 0.3) is 10.8 Å². The summed E-state index contributed by atoms with van der Waals surface area (Å²) in [6, 6.07) is 7.43. The summed E-state index contributed by atoms with van der Waals surface area (Å²) in [7, 11) is -2.37. The maximum Gasteiger partial charge on any atom is 0.341 e. The smallest absolute Gasteiger partial charge is 0.341 e. The summed E-state index contributed by atoms with van der Waals surface area (Å²) in [6.07, 6.45) is 0. The number of ether oxygens (including phenoxy) is 1. The van der Waals surface area contributed by atoms with Gasteiger partial charge in [0.05, 0.1) is 12.0 Å². The fourth-order valence-corrected chi connectivity index (χ4v) is 3.90. The molecule has 23 heavy (non-hydrogen) atoms. The molecule has 0 aliphatic heterocycles. The molecule has 6 nitrogen and oxygen atoms in total. The largest absolute Gasteiger partial charge is 0.507 e. The fraction of sp³-hybridized carbons (Fsp3) is 0.312. The average Bonchev–Trinajstić information content (AvgIpc) is 2.53. The molecule has 0 aliphatic rings. The normalized spacial score (nSPS) is 11.8. The summed E-state index contributed by atoms with van der Waals surface area (Å²) in [5.74, 6) is -0.884. The quantitative estimate of drug-likeness (QED) is 0.847. The van der Waals surface area contributed by atoms with E-state index in [9.17, 15) is 18.3 Å². The molecule has 0 unspecified atom stereocenters. The summed E-state index contributed by atoms with van der Waals surface area (Å²) in [6.45, 7) is 4.30. The zero-order valence-corrected chi connectivity index (χ0v) is 14.1. The zero-order valence-electron chi connectivity index (χ0n) is 13.2. The van der Waals surface area contributed by atoms with E-state index in [1.54, 1.807) is 19.9 Å². The van der Waals surface area contributed by atoms with Gasteiger partial charge < -0.3 is 9.84 Å². The van der Waals surface area contributed by atoms with Crippen LogP contribution in [0.3, 0.4) is 0 Å². The molecular formula is C16H19NO5S. The Bertz CT molecular complexity index is 841. The maximum absolute atomic E-state index is 12.6. The lowest BCUT2D eigenvalue weighted by molar-refractivity contribution is 0.0597. The molecule has 0 aliphatic carbocycles. The van der Waals surface area contributed by atoms with Crippen molar-refractivity contribution in [1.82, 2.24) is 4.31 Å². The standard InChI is InChI=1S/C16H19NO5S/c1-4-17(5-2)23(20,21)13-7-6-11-10-15(18)14(16(19)22-3)9-12(11)8-13/h6-10,18H,4-5H2,1-3H3. The number of fused-ring (bicyclic) bond motifs is 1. The average molecular weight is 337 g/mol. The second kappa shape index (κ2) is 6.55. The van der Waals surface area contributed by atoms with Gasteiger partial charge in [0.2, 0.25) is 10.0 Å². The SMILES string of the molecule is CCN(CC)S(=O)(=O)c1ccc2cc(O)c(C(=O)OC)cc2c1. The molecule has 1 N–H and O–H groups in total. The van der Waals surface area contributed by atoms with Crippen molar-refractivity contribution in [2.45, 2.75) is 18.7 Å². The molecule has 0 amide bonds. The highest BCUT2D eigenvalue weighted by molar-refractivity contribution is 7.89.